The number of rotatable bonds is 6. The van der Waals surface area contributed by atoms with Crippen LogP contribution in [0.1, 0.15) is 26.9 Å². The van der Waals surface area contributed by atoms with Gasteiger partial charge in [-0.3, -0.25) is 4.79 Å². The van der Waals surface area contributed by atoms with Crippen molar-refractivity contribution in [3.8, 4) is 0 Å². The third-order valence-electron chi connectivity index (χ3n) is 2.84. The largest absolute Gasteiger partial charge is 0.387 e. The predicted octanol–water partition coefficient (Wildman–Crippen LogP) is 1.81. The van der Waals surface area contributed by atoms with Crippen molar-refractivity contribution in [3.63, 3.8) is 0 Å². The molecule has 1 amide bonds. The molecule has 0 saturated carbocycles. The molecule has 1 unspecified atom stereocenters. The molecule has 1 aromatic heterocycles. The van der Waals surface area contributed by atoms with Crippen LogP contribution in [0.4, 0.5) is 4.39 Å². The first kappa shape index (κ1) is 14.6. The van der Waals surface area contributed by atoms with E-state index in [1.165, 1.54) is 17.4 Å². The Morgan fingerprint density at radius 1 is 1.45 bits per heavy atom. The van der Waals surface area contributed by atoms with E-state index in [4.69, 9.17) is 5.73 Å². The maximum Gasteiger partial charge on any atom is 0.249 e. The van der Waals surface area contributed by atoms with Crippen molar-refractivity contribution < 1.29 is 14.3 Å². The lowest BCUT2D eigenvalue weighted by atomic mass is 10.1. The number of halogens is 1. The molecule has 0 aliphatic heterocycles. The molecule has 0 fully saturated rings. The van der Waals surface area contributed by atoms with Gasteiger partial charge in [-0.2, -0.15) is 0 Å². The van der Waals surface area contributed by atoms with Gasteiger partial charge in [0.25, 0.3) is 0 Å². The number of hydrogen-bond donors (Lipinski definition) is 3. The van der Waals surface area contributed by atoms with E-state index < -0.39 is 17.8 Å². The Kier molecular flexibility index (Phi) is 4.84. The second-order valence-electron chi connectivity index (χ2n) is 4.33. The zero-order valence-electron chi connectivity index (χ0n) is 10.7. The molecule has 0 bridgehead atoms. The summed E-state index contributed by atoms with van der Waals surface area (Å²) >= 11 is 1.41. The van der Waals surface area contributed by atoms with Gasteiger partial charge in [0.1, 0.15) is 5.82 Å². The van der Waals surface area contributed by atoms with Crippen molar-refractivity contribution in [2.75, 3.05) is 6.54 Å². The minimum absolute atomic E-state index is 0.227. The molecular formula is C14H15FN2O2S. The van der Waals surface area contributed by atoms with Gasteiger partial charge in [0.05, 0.1) is 11.7 Å². The number of thiophene rings is 1. The number of carbonyl (C=O) groups excluding carboxylic acids is 1. The summed E-state index contributed by atoms with van der Waals surface area (Å²) < 4.78 is 13.4. The van der Waals surface area contributed by atoms with Gasteiger partial charge in [0, 0.05) is 28.9 Å². The molecule has 1 heterocycles. The first-order chi connectivity index (χ1) is 9.58. The molecule has 0 aliphatic carbocycles. The van der Waals surface area contributed by atoms with E-state index in [2.05, 4.69) is 5.32 Å². The van der Waals surface area contributed by atoms with Crippen molar-refractivity contribution >= 4 is 17.2 Å². The molecule has 106 valence electrons. The van der Waals surface area contributed by atoms with Gasteiger partial charge in [-0.25, -0.2) is 4.39 Å². The van der Waals surface area contributed by atoms with Crippen LogP contribution >= 0.6 is 11.3 Å². The number of nitrogens with two attached hydrogens (primary N) is 1. The summed E-state index contributed by atoms with van der Waals surface area (Å²) in [6, 6.07) is 7.83. The Bertz CT molecular complexity index is 600. The Balaban J connectivity index is 1.86. The van der Waals surface area contributed by atoms with Crippen molar-refractivity contribution in [2.45, 2.75) is 12.6 Å². The molecule has 0 saturated heterocycles. The van der Waals surface area contributed by atoms with Gasteiger partial charge >= 0.3 is 0 Å². The average Bonchev–Trinajstić information content (AvgIpc) is 2.88. The van der Waals surface area contributed by atoms with E-state index in [-0.39, 0.29) is 12.1 Å². The molecule has 6 heteroatoms. The highest BCUT2D eigenvalue weighted by Gasteiger charge is 2.12. The van der Waals surface area contributed by atoms with E-state index in [1.54, 1.807) is 29.6 Å². The topological polar surface area (TPSA) is 75.4 Å². The Morgan fingerprint density at radius 2 is 2.20 bits per heavy atom. The number of hydrogen-bond acceptors (Lipinski definition) is 4. The normalized spacial score (nSPS) is 12.3. The van der Waals surface area contributed by atoms with Crippen LogP contribution in [0.2, 0.25) is 0 Å². The first-order valence-corrected chi connectivity index (χ1v) is 6.96. The second-order valence-corrected chi connectivity index (χ2v) is 5.33. The molecule has 1 atom stereocenters. The van der Waals surface area contributed by atoms with Gasteiger partial charge in [0.15, 0.2) is 0 Å². The summed E-state index contributed by atoms with van der Waals surface area (Å²) in [5.74, 6) is -0.882. The Labute approximate surface area is 120 Å². The minimum Gasteiger partial charge on any atom is -0.387 e. The number of aliphatic hydroxyl groups excluding tert-OH is 1. The third-order valence-corrected chi connectivity index (χ3v) is 3.78. The van der Waals surface area contributed by atoms with Gasteiger partial charge in [-0.15, -0.1) is 11.3 Å². The number of amides is 1. The van der Waals surface area contributed by atoms with E-state index in [0.29, 0.717) is 12.1 Å². The molecule has 0 spiro atoms. The van der Waals surface area contributed by atoms with Crippen LogP contribution in [-0.2, 0) is 6.54 Å². The van der Waals surface area contributed by atoms with Crippen molar-refractivity contribution in [1.29, 1.82) is 0 Å². The monoisotopic (exact) mass is 294 g/mol. The number of benzene rings is 1. The average molecular weight is 294 g/mol. The SMILES string of the molecule is NC(=O)c1csc(CNCC(O)c2ccccc2F)c1. The van der Waals surface area contributed by atoms with E-state index in [1.807, 2.05) is 0 Å². The van der Waals surface area contributed by atoms with Gasteiger partial charge in [0.2, 0.25) is 5.91 Å². The molecule has 4 N–H and O–H groups in total. The third kappa shape index (κ3) is 3.63. The molecule has 20 heavy (non-hydrogen) atoms. The number of carbonyl (C=O) groups is 1. The lowest BCUT2D eigenvalue weighted by molar-refractivity contribution is 0.100. The predicted molar refractivity (Wildman–Crippen MR) is 75.9 cm³/mol. The lowest BCUT2D eigenvalue weighted by Crippen LogP contribution is -2.21. The molecule has 2 aromatic rings. The summed E-state index contributed by atoms with van der Waals surface area (Å²) in [5, 5.41) is 14.6. The molecule has 0 aliphatic rings. The molecular weight excluding hydrogens is 279 g/mol. The van der Waals surface area contributed by atoms with Crippen LogP contribution in [0.5, 0.6) is 0 Å². The smallest absolute Gasteiger partial charge is 0.249 e. The molecule has 4 nitrogen and oxygen atoms in total. The lowest BCUT2D eigenvalue weighted by Gasteiger charge is -2.12. The number of nitrogens with one attached hydrogen (secondary N) is 1. The molecule has 0 radical (unpaired) electrons. The summed E-state index contributed by atoms with van der Waals surface area (Å²) in [4.78, 5) is 11.9. The van der Waals surface area contributed by atoms with Crippen molar-refractivity contribution in [2.24, 2.45) is 5.73 Å². The van der Waals surface area contributed by atoms with E-state index in [9.17, 15) is 14.3 Å². The Morgan fingerprint density at radius 3 is 2.85 bits per heavy atom. The standard InChI is InChI=1S/C14H15FN2O2S/c15-12-4-2-1-3-11(12)13(18)7-17-6-10-5-9(8-20-10)14(16)19/h1-5,8,13,17-18H,6-7H2,(H2,16,19). The number of aliphatic hydroxyl groups is 1. The van der Waals surface area contributed by atoms with Crippen LogP contribution in [-0.4, -0.2) is 17.6 Å². The summed E-state index contributed by atoms with van der Waals surface area (Å²) in [7, 11) is 0. The Hall–Kier alpha value is -1.76. The van der Waals surface area contributed by atoms with Gasteiger partial charge < -0.3 is 16.2 Å². The van der Waals surface area contributed by atoms with Crippen molar-refractivity contribution in [3.05, 3.63) is 57.5 Å². The van der Waals surface area contributed by atoms with Gasteiger partial charge in [-0.1, -0.05) is 18.2 Å². The van der Waals surface area contributed by atoms with E-state index >= 15 is 0 Å². The zero-order chi connectivity index (χ0) is 14.5. The van der Waals surface area contributed by atoms with Crippen molar-refractivity contribution in [1.82, 2.24) is 5.32 Å². The molecule has 1 aromatic carbocycles. The van der Waals surface area contributed by atoms with Crippen LogP contribution in [0, 0.1) is 5.82 Å². The van der Waals surface area contributed by atoms with Crippen LogP contribution < -0.4 is 11.1 Å². The highest BCUT2D eigenvalue weighted by atomic mass is 32.1. The molecule has 2 rings (SSSR count). The maximum absolute atomic E-state index is 13.4. The van der Waals surface area contributed by atoms with Crippen LogP contribution in [0.25, 0.3) is 0 Å². The van der Waals surface area contributed by atoms with Crippen LogP contribution in [0.15, 0.2) is 35.7 Å². The number of primary amides is 1. The maximum atomic E-state index is 13.4. The fraction of sp³-hybridized carbons (Fsp3) is 0.214. The first-order valence-electron chi connectivity index (χ1n) is 6.08. The highest BCUT2D eigenvalue weighted by Crippen LogP contribution is 2.17. The summed E-state index contributed by atoms with van der Waals surface area (Å²) in [5.41, 5.74) is 5.90. The quantitative estimate of drug-likeness (QED) is 0.760. The second kappa shape index (κ2) is 6.60. The van der Waals surface area contributed by atoms with Crippen LogP contribution in [0.3, 0.4) is 0 Å². The minimum atomic E-state index is -0.910. The summed E-state index contributed by atoms with van der Waals surface area (Å²) in [6.45, 7) is 0.716. The summed E-state index contributed by atoms with van der Waals surface area (Å²) in [6.07, 6.45) is -0.910. The fourth-order valence-corrected chi connectivity index (χ4v) is 2.63. The fourth-order valence-electron chi connectivity index (χ4n) is 1.79. The van der Waals surface area contributed by atoms with Gasteiger partial charge in [-0.05, 0) is 12.1 Å². The van der Waals surface area contributed by atoms with E-state index in [0.717, 1.165) is 4.88 Å². The zero-order valence-corrected chi connectivity index (χ0v) is 11.5. The highest BCUT2D eigenvalue weighted by molar-refractivity contribution is 7.10.